The summed E-state index contributed by atoms with van der Waals surface area (Å²) in [5, 5.41) is 13.4. The van der Waals surface area contributed by atoms with Gasteiger partial charge in [-0.3, -0.25) is 9.59 Å². The predicted molar refractivity (Wildman–Crippen MR) is 163 cm³/mol. The zero-order valence-electron chi connectivity index (χ0n) is 23.5. The summed E-state index contributed by atoms with van der Waals surface area (Å²) >= 11 is 1.34. The summed E-state index contributed by atoms with van der Waals surface area (Å²) in [5.74, 6) is -0.208. The van der Waals surface area contributed by atoms with Crippen LogP contribution in [0.3, 0.4) is 0 Å². The molecule has 0 atom stereocenters. The third-order valence-corrected chi connectivity index (χ3v) is 8.05. The first-order chi connectivity index (χ1) is 19.2. The van der Waals surface area contributed by atoms with Crippen LogP contribution in [-0.2, 0) is 13.0 Å². The lowest BCUT2D eigenvalue weighted by molar-refractivity contribution is 0.0950. The largest absolute Gasteiger partial charge is 0.374 e. The average Bonchev–Trinajstić information content (AvgIpc) is 3.56. The fourth-order valence-corrected chi connectivity index (χ4v) is 5.92. The van der Waals surface area contributed by atoms with Crippen LogP contribution in [0.15, 0.2) is 53.5 Å². The second kappa shape index (κ2) is 11.1. The van der Waals surface area contributed by atoms with Crippen LogP contribution in [-0.4, -0.2) is 25.7 Å². The van der Waals surface area contributed by atoms with E-state index in [9.17, 15) is 9.59 Å². The molecule has 0 aliphatic heterocycles. The van der Waals surface area contributed by atoms with Crippen molar-refractivity contribution in [2.45, 2.75) is 60.0 Å². The topological polar surface area (TPSA) is 119 Å². The van der Waals surface area contributed by atoms with Crippen LogP contribution in [0.1, 0.15) is 66.0 Å². The highest BCUT2D eigenvalue weighted by Crippen LogP contribution is 2.36. The molecule has 0 bridgehead atoms. The van der Waals surface area contributed by atoms with Gasteiger partial charge in [0.05, 0.1) is 5.52 Å². The molecule has 3 aromatic heterocycles. The van der Waals surface area contributed by atoms with Crippen molar-refractivity contribution in [3.8, 4) is 21.7 Å². The number of carbonyl (C=O) groups excluding carboxylic acids is 1. The van der Waals surface area contributed by atoms with E-state index in [1.165, 1.54) is 11.3 Å². The summed E-state index contributed by atoms with van der Waals surface area (Å²) in [5.41, 5.74) is 13.4. The minimum absolute atomic E-state index is 0.150. The Hall–Kier alpha value is -4.24. The van der Waals surface area contributed by atoms with E-state index in [4.69, 9.17) is 5.73 Å². The van der Waals surface area contributed by atoms with E-state index >= 15 is 0 Å². The van der Waals surface area contributed by atoms with Gasteiger partial charge in [0.25, 0.3) is 11.5 Å². The van der Waals surface area contributed by atoms with Crippen molar-refractivity contribution in [3.05, 3.63) is 87.0 Å². The van der Waals surface area contributed by atoms with Gasteiger partial charge in [-0.25, -0.2) is 0 Å². The van der Waals surface area contributed by atoms with Crippen molar-refractivity contribution in [3.63, 3.8) is 0 Å². The molecule has 0 spiro atoms. The summed E-state index contributed by atoms with van der Waals surface area (Å²) in [6.45, 7) is 10.4. The number of nitrogens with zero attached hydrogens (tertiary/aromatic N) is 3. The zero-order valence-corrected chi connectivity index (χ0v) is 24.3. The molecule has 5 aromatic rings. The Bertz CT molecular complexity index is 1760. The van der Waals surface area contributed by atoms with E-state index < -0.39 is 0 Å². The quantitative estimate of drug-likeness (QED) is 0.212. The number of carbonyl (C=O) groups is 1. The fraction of sp³-hybridized carbons (Fsp3) is 0.290. The van der Waals surface area contributed by atoms with E-state index in [0.29, 0.717) is 16.3 Å². The Balaban J connectivity index is 1.55. The first kappa shape index (κ1) is 27.3. The SMILES string of the molecule is CCCc1cc(C)[nH]c(=O)c1CNC(=O)c1cc(-c2ccc(-c3nnc(N)s3)cc2)c2ccn(C(C)C)c2c1C. The molecule has 3 heterocycles. The molecule has 40 heavy (non-hydrogen) atoms. The number of aromatic amines is 1. The molecule has 2 aromatic carbocycles. The molecule has 4 N–H and O–H groups in total. The highest BCUT2D eigenvalue weighted by atomic mass is 32.1. The fourth-order valence-electron chi connectivity index (χ4n) is 5.30. The number of fused-ring (bicyclic) bond motifs is 1. The van der Waals surface area contributed by atoms with Crippen LogP contribution in [0.5, 0.6) is 0 Å². The zero-order chi connectivity index (χ0) is 28.6. The number of rotatable bonds is 8. The second-order valence-corrected chi connectivity index (χ2v) is 11.4. The number of pyridine rings is 1. The van der Waals surface area contributed by atoms with Gasteiger partial charge < -0.3 is 20.6 Å². The van der Waals surface area contributed by atoms with E-state index in [1.54, 1.807) is 0 Å². The first-order valence-corrected chi connectivity index (χ1v) is 14.3. The van der Waals surface area contributed by atoms with E-state index in [-0.39, 0.29) is 24.1 Å². The lowest BCUT2D eigenvalue weighted by Crippen LogP contribution is -2.29. The van der Waals surface area contributed by atoms with Gasteiger partial charge in [-0.2, -0.15) is 0 Å². The molecular formula is C31H34N6O2S. The summed E-state index contributed by atoms with van der Waals surface area (Å²) in [4.78, 5) is 29.3. The van der Waals surface area contributed by atoms with Gasteiger partial charge in [0.2, 0.25) is 5.13 Å². The maximum atomic E-state index is 13.7. The molecule has 0 saturated carbocycles. The minimum atomic E-state index is -0.208. The summed E-state index contributed by atoms with van der Waals surface area (Å²) in [6.07, 6.45) is 3.78. The Morgan fingerprint density at radius 2 is 1.82 bits per heavy atom. The van der Waals surface area contributed by atoms with Gasteiger partial charge >= 0.3 is 0 Å². The smallest absolute Gasteiger partial charge is 0.253 e. The Morgan fingerprint density at radius 3 is 2.48 bits per heavy atom. The maximum absolute atomic E-state index is 13.7. The van der Waals surface area contributed by atoms with Gasteiger partial charge in [0.15, 0.2) is 0 Å². The molecule has 0 saturated heterocycles. The van der Waals surface area contributed by atoms with Crippen LogP contribution in [0, 0.1) is 13.8 Å². The molecule has 206 valence electrons. The van der Waals surface area contributed by atoms with Gasteiger partial charge in [-0.1, -0.05) is 48.9 Å². The van der Waals surface area contributed by atoms with Crippen LogP contribution in [0.25, 0.3) is 32.6 Å². The monoisotopic (exact) mass is 554 g/mol. The van der Waals surface area contributed by atoms with E-state index in [1.807, 2.05) is 50.2 Å². The Morgan fingerprint density at radius 1 is 1.10 bits per heavy atom. The molecule has 8 nitrogen and oxygen atoms in total. The maximum Gasteiger partial charge on any atom is 0.253 e. The normalized spacial score (nSPS) is 11.4. The lowest BCUT2D eigenvalue weighted by Gasteiger charge is -2.17. The van der Waals surface area contributed by atoms with Crippen LogP contribution >= 0.6 is 11.3 Å². The number of nitrogen functional groups attached to an aromatic ring is 1. The second-order valence-electron chi connectivity index (χ2n) is 10.4. The molecular weight excluding hydrogens is 520 g/mol. The third-order valence-electron chi connectivity index (χ3n) is 7.25. The molecule has 0 unspecified atom stereocenters. The predicted octanol–water partition coefficient (Wildman–Crippen LogP) is 6.18. The molecule has 0 fully saturated rings. The van der Waals surface area contributed by atoms with E-state index in [0.717, 1.165) is 62.3 Å². The number of benzene rings is 2. The van der Waals surface area contributed by atoms with Crippen molar-refractivity contribution in [2.24, 2.45) is 0 Å². The minimum Gasteiger partial charge on any atom is -0.374 e. The summed E-state index contributed by atoms with van der Waals surface area (Å²) in [6, 6.07) is 14.4. The molecule has 0 aliphatic rings. The van der Waals surface area contributed by atoms with Crippen molar-refractivity contribution in [1.29, 1.82) is 0 Å². The van der Waals surface area contributed by atoms with Gasteiger partial charge in [0.1, 0.15) is 5.01 Å². The number of hydrogen-bond donors (Lipinski definition) is 3. The lowest BCUT2D eigenvalue weighted by atomic mass is 9.94. The first-order valence-electron chi connectivity index (χ1n) is 13.5. The summed E-state index contributed by atoms with van der Waals surface area (Å²) < 4.78 is 2.20. The van der Waals surface area contributed by atoms with Crippen molar-refractivity contribution in [2.75, 3.05) is 5.73 Å². The van der Waals surface area contributed by atoms with Crippen LogP contribution in [0.2, 0.25) is 0 Å². The molecule has 0 aliphatic carbocycles. The molecule has 5 rings (SSSR count). The number of H-pyrrole nitrogens is 1. The number of nitrogens with two attached hydrogens (primary N) is 1. The van der Waals surface area contributed by atoms with Gasteiger partial charge in [-0.15, -0.1) is 10.2 Å². The Kier molecular flexibility index (Phi) is 7.58. The number of hydrogen-bond acceptors (Lipinski definition) is 6. The van der Waals surface area contributed by atoms with E-state index in [2.05, 4.69) is 58.1 Å². The molecule has 1 amide bonds. The van der Waals surface area contributed by atoms with Gasteiger partial charge in [-0.05, 0) is 74.6 Å². The van der Waals surface area contributed by atoms with Crippen molar-refractivity contribution >= 4 is 33.3 Å². The highest BCUT2D eigenvalue weighted by Gasteiger charge is 2.20. The number of amides is 1. The number of anilines is 1. The third kappa shape index (κ3) is 5.16. The summed E-state index contributed by atoms with van der Waals surface area (Å²) in [7, 11) is 0. The molecule has 9 heteroatoms. The standard InChI is InChI=1S/C31H34N6O2S/c1-6-7-22-14-18(4)34-29(39)26(22)16-33-28(38)24-15-25(23-12-13-37(17(2)3)27(23)19(24)5)20-8-10-21(11-9-20)30-35-36-31(32)40-30/h8-15,17H,6-7,16H2,1-5H3,(H2,32,36)(H,33,38)(H,34,39). The number of nitrogens with one attached hydrogen (secondary N) is 2. The van der Waals surface area contributed by atoms with Gasteiger partial charge in [0, 0.05) is 46.6 Å². The van der Waals surface area contributed by atoms with Crippen LogP contribution in [0.4, 0.5) is 5.13 Å². The van der Waals surface area contributed by atoms with Crippen LogP contribution < -0.4 is 16.6 Å². The average molecular weight is 555 g/mol. The number of aryl methyl sites for hydroxylation is 3. The number of aromatic nitrogens is 4. The van der Waals surface area contributed by atoms with Crippen molar-refractivity contribution < 1.29 is 4.79 Å². The highest BCUT2D eigenvalue weighted by molar-refractivity contribution is 7.18. The molecule has 0 radical (unpaired) electrons. The van der Waals surface area contributed by atoms with Crippen molar-refractivity contribution in [1.82, 2.24) is 25.1 Å². The Labute approximate surface area is 237 Å².